The normalized spacial score (nSPS) is 13.7. The highest BCUT2D eigenvalue weighted by atomic mass is 16.5. The lowest BCUT2D eigenvalue weighted by Gasteiger charge is -2.28. The molecule has 0 saturated carbocycles. The van der Waals surface area contributed by atoms with E-state index >= 15 is 0 Å². The van der Waals surface area contributed by atoms with Crippen molar-refractivity contribution in [3.63, 3.8) is 0 Å². The third-order valence-corrected chi connectivity index (χ3v) is 5.11. The number of methoxy groups -OCH3 is 1. The number of rotatable bonds is 6. The minimum atomic E-state index is -0.0974. The standard InChI is InChI=1S/C22H25N5O3/c1-4-30-19-6-5-15(9-20(19)29-3)12-27-8-7-16-18(13-27)25-21(26-22(16)28)17-11-23-14(2)10-24-17/h5-6,9-11H,4,7-8,12-13H2,1-3H3,(H,25,26,28). The zero-order valence-corrected chi connectivity index (χ0v) is 17.4. The largest absolute Gasteiger partial charge is 0.493 e. The maximum absolute atomic E-state index is 12.6. The quantitative estimate of drug-likeness (QED) is 0.671. The number of H-pyrrole nitrogens is 1. The van der Waals surface area contributed by atoms with Crippen LogP contribution in [0.1, 0.15) is 29.4 Å². The Morgan fingerprint density at radius 3 is 2.80 bits per heavy atom. The van der Waals surface area contributed by atoms with E-state index in [4.69, 9.17) is 14.5 Å². The first-order valence-electron chi connectivity index (χ1n) is 10.0. The van der Waals surface area contributed by atoms with Crippen LogP contribution in [-0.4, -0.2) is 45.1 Å². The third kappa shape index (κ3) is 4.18. The van der Waals surface area contributed by atoms with Crippen LogP contribution >= 0.6 is 0 Å². The lowest BCUT2D eigenvalue weighted by Crippen LogP contribution is -2.35. The number of benzene rings is 1. The van der Waals surface area contributed by atoms with Gasteiger partial charge in [0.25, 0.3) is 5.56 Å². The summed E-state index contributed by atoms with van der Waals surface area (Å²) < 4.78 is 11.1. The SMILES string of the molecule is CCOc1ccc(CN2CCc3c(nc(-c4cnc(C)cn4)[nH]c3=O)C2)cc1OC. The third-order valence-electron chi connectivity index (χ3n) is 5.11. The van der Waals surface area contributed by atoms with Crippen LogP contribution in [0, 0.1) is 6.92 Å². The van der Waals surface area contributed by atoms with Crippen LogP contribution in [0.25, 0.3) is 11.5 Å². The van der Waals surface area contributed by atoms with Crippen molar-refractivity contribution in [2.24, 2.45) is 0 Å². The number of nitrogens with one attached hydrogen (secondary N) is 1. The van der Waals surface area contributed by atoms with Crippen LogP contribution in [-0.2, 0) is 19.5 Å². The van der Waals surface area contributed by atoms with Gasteiger partial charge in [0.1, 0.15) is 5.69 Å². The number of hydrogen-bond acceptors (Lipinski definition) is 7. The van der Waals surface area contributed by atoms with Gasteiger partial charge in [0, 0.05) is 31.4 Å². The molecule has 2 aromatic heterocycles. The topological polar surface area (TPSA) is 93.2 Å². The summed E-state index contributed by atoms with van der Waals surface area (Å²) in [5.41, 5.74) is 3.94. The van der Waals surface area contributed by atoms with Gasteiger partial charge in [-0.15, -0.1) is 0 Å². The van der Waals surface area contributed by atoms with Gasteiger partial charge in [-0.2, -0.15) is 0 Å². The highest BCUT2D eigenvalue weighted by Gasteiger charge is 2.22. The Kier molecular flexibility index (Phi) is 5.76. The molecule has 0 saturated heterocycles. The molecule has 1 aromatic carbocycles. The number of fused-ring (bicyclic) bond motifs is 1. The van der Waals surface area contributed by atoms with Crippen LogP contribution in [0.2, 0.25) is 0 Å². The molecule has 30 heavy (non-hydrogen) atoms. The molecule has 0 radical (unpaired) electrons. The van der Waals surface area contributed by atoms with Gasteiger partial charge in [0.2, 0.25) is 0 Å². The Morgan fingerprint density at radius 1 is 1.20 bits per heavy atom. The van der Waals surface area contributed by atoms with Gasteiger partial charge < -0.3 is 14.5 Å². The fraction of sp³-hybridized carbons (Fsp3) is 0.364. The fourth-order valence-electron chi connectivity index (χ4n) is 3.61. The number of aromatic amines is 1. The summed E-state index contributed by atoms with van der Waals surface area (Å²) in [6, 6.07) is 5.98. The number of aromatic nitrogens is 4. The zero-order valence-electron chi connectivity index (χ0n) is 17.4. The van der Waals surface area contributed by atoms with Gasteiger partial charge in [-0.25, -0.2) is 9.97 Å². The van der Waals surface area contributed by atoms with E-state index in [0.717, 1.165) is 47.1 Å². The zero-order chi connectivity index (χ0) is 21.1. The summed E-state index contributed by atoms with van der Waals surface area (Å²) in [5.74, 6) is 1.92. The first kappa shape index (κ1) is 20.0. The molecule has 1 N–H and O–H groups in total. The summed E-state index contributed by atoms with van der Waals surface area (Å²) in [7, 11) is 1.64. The summed E-state index contributed by atoms with van der Waals surface area (Å²) in [4.78, 5) is 31.0. The summed E-state index contributed by atoms with van der Waals surface area (Å²) in [6.07, 6.45) is 3.96. The molecule has 4 rings (SSSR count). The fourth-order valence-corrected chi connectivity index (χ4v) is 3.61. The van der Waals surface area contributed by atoms with Crippen LogP contribution < -0.4 is 15.0 Å². The summed E-state index contributed by atoms with van der Waals surface area (Å²) >= 11 is 0. The van der Waals surface area contributed by atoms with E-state index in [1.807, 2.05) is 32.0 Å². The highest BCUT2D eigenvalue weighted by Crippen LogP contribution is 2.29. The van der Waals surface area contributed by atoms with Crippen molar-refractivity contribution in [2.75, 3.05) is 20.3 Å². The molecule has 156 valence electrons. The Bertz CT molecular complexity index is 1090. The van der Waals surface area contributed by atoms with E-state index in [0.29, 0.717) is 31.1 Å². The summed E-state index contributed by atoms with van der Waals surface area (Å²) in [6.45, 7) is 6.53. The second kappa shape index (κ2) is 8.62. The number of hydrogen-bond donors (Lipinski definition) is 1. The van der Waals surface area contributed by atoms with Gasteiger partial charge >= 0.3 is 0 Å². The molecule has 8 nitrogen and oxygen atoms in total. The van der Waals surface area contributed by atoms with Gasteiger partial charge in [-0.3, -0.25) is 14.7 Å². The van der Waals surface area contributed by atoms with Gasteiger partial charge in [0.05, 0.1) is 31.3 Å². The van der Waals surface area contributed by atoms with Crippen molar-refractivity contribution < 1.29 is 9.47 Å². The smallest absolute Gasteiger partial charge is 0.254 e. The maximum atomic E-state index is 12.6. The summed E-state index contributed by atoms with van der Waals surface area (Å²) in [5, 5.41) is 0. The van der Waals surface area contributed by atoms with E-state index in [-0.39, 0.29) is 5.56 Å². The Balaban J connectivity index is 1.56. The lowest BCUT2D eigenvalue weighted by molar-refractivity contribution is 0.240. The van der Waals surface area contributed by atoms with Crippen molar-refractivity contribution in [3.8, 4) is 23.0 Å². The molecule has 0 atom stereocenters. The predicted molar refractivity (Wildman–Crippen MR) is 113 cm³/mol. The van der Waals surface area contributed by atoms with Crippen LogP contribution in [0.4, 0.5) is 0 Å². The van der Waals surface area contributed by atoms with E-state index < -0.39 is 0 Å². The molecule has 8 heteroatoms. The first-order valence-corrected chi connectivity index (χ1v) is 10.0. The molecular weight excluding hydrogens is 382 g/mol. The monoisotopic (exact) mass is 407 g/mol. The average molecular weight is 407 g/mol. The van der Waals surface area contributed by atoms with Crippen molar-refractivity contribution in [1.29, 1.82) is 0 Å². The van der Waals surface area contributed by atoms with Gasteiger partial charge in [-0.05, 0) is 38.0 Å². The van der Waals surface area contributed by atoms with E-state index in [1.54, 1.807) is 19.5 Å². The van der Waals surface area contributed by atoms with Crippen molar-refractivity contribution in [3.05, 3.63) is 63.5 Å². The minimum Gasteiger partial charge on any atom is -0.493 e. The maximum Gasteiger partial charge on any atom is 0.254 e. The van der Waals surface area contributed by atoms with Crippen LogP contribution in [0.3, 0.4) is 0 Å². The average Bonchev–Trinajstić information content (AvgIpc) is 2.75. The number of ether oxygens (including phenoxy) is 2. The number of aryl methyl sites for hydroxylation is 1. The minimum absolute atomic E-state index is 0.0974. The highest BCUT2D eigenvalue weighted by molar-refractivity contribution is 5.48. The second-order valence-corrected chi connectivity index (χ2v) is 7.26. The predicted octanol–water partition coefficient (Wildman–Crippen LogP) is 2.50. The van der Waals surface area contributed by atoms with Crippen LogP contribution in [0.15, 0.2) is 35.4 Å². The van der Waals surface area contributed by atoms with E-state index in [2.05, 4.69) is 19.9 Å². The molecule has 3 heterocycles. The Labute approximate surface area is 174 Å². The van der Waals surface area contributed by atoms with Crippen molar-refractivity contribution >= 4 is 0 Å². The number of nitrogens with zero attached hydrogens (tertiary/aromatic N) is 4. The van der Waals surface area contributed by atoms with Crippen molar-refractivity contribution in [1.82, 2.24) is 24.8 Å². The van der Waals surface area contributed by atoms with Gasteiger partial charge in [0.15, 0.2) is 17.3 Å². The molecule has 0 fully saturated rings. The Morgan fingerprint density at radius 2 is 2.07 bits per heavy atom. The lowest BCUT2D eigenvalue weighted by atomic mass is 10.1. The van der Waals surface area contributed by atoms with E-state index in [1.165, 1.54) is 0 Å². The molecule has 0 bridgehead atoms. The Hall–Kier alpha value is -3.26. The molecular formula is C22H25N5O3. The second-order valence-electron chi connectivity index (χ2n) is 7.26. The molecule has 0 spiro atoms. The van der Waals surface area contributed by atoms with Crippen molar-refractivity contribution in [2.45, 2.75) is 33.4 Å². The molecule has 1 aliphatic heterocycles. The first-order chi connectivity index (χ1) is 14.6. The molecule has 3 aromatic rings. The molecule has 0 unspecified atom stereocenters. The molecule has 0 amide bonds. The molecule has 0 aliphatic carbocycles. The van der Waals surface area contributed by atoms with Crippen LogP contribution in [0.5, 0.6) is 11.5 Å². The molecule has 1 aliphatic rings. The van der Waals surface area contributed by atoms with Gasteiger partial charge in [-0.1, -0.05) is 6.07 Å². The van der Waals surface area contributed by atoms with E-state index in [9.17, 15) is 4.79 Å².